The van der Waals surface area contributed by atoms with Crippen LogP contribution in [0.2, 0.25) is 0 Å². The number of carboxylic acids is 1. The maximum absolute atomic E-state index is 12.6. The molecule has 0 radical (unpaired) electrons. The van der Waals surface area contributed by atoms with Crippen molar-refractivity contribution in [3.63, 3.8) is 0 Å². The number of carbonyl (C=O) groups is 3. The predicted molar refractivity (Wildman–Crippen MR) is 126 cm³/mol. The van der Waals surface area contributed by atoms with E-state index in [-0.39, 0.29) is 25.2 Å². The third-order valence-electron chi connectivity index (χ3n) is 6.61. The fourth-order valence-electron chi connectivity index (χ4n) is 4.89. The number of benzene rings is 2. The van der Waals surface area contributed by atoms with Crippen molar-refractivity contribution in [2.24, 2.45) is 5.92 Å². The van der Waals surface area contributed by atoms with Crippen LogP contribution >= 0.6 is 0 Å². The first-order chi connectivity index (χ1) is 17.0. The minimum atomic E-state index is -1.29. The molecule has 0 spiro atoms. The molecule has 9 nitrogen and oxygen atoms in total. The van der Waals surface area contributed by atoms with Gasteiger partial charge in [-0.15, -0.1) is 0 Å². The molecule has 2 aliphatic carbocycles. The Hall–Kier alpha value is -3.43. The number of alkyl carbamates (subject to hydrolysis) is 1. The van der Waals surface area contributed by atoms with Gasteiger partial charge in [-0.1, -0.05) is 55.0 Å². The SMILES string of the molecule is COCC(ONC(=O)[C@H]1CCC[C@@H](NC(=O)OCC2c3ccccc3-c3ccccc32)C1)C(=O)O. The summed E-state index contributed by atoms with van der Waals surface area (Å²) in [7, 11) is 1.35. The van der Waals surface area contributed by atoms with E-state index in [9.17, 15) is 14.4 Å². The lowest BCUT2D eigenvalue weighted by atomic mass is 9.85. The molecule has 0 saturated heterocycles. The Balaban J connectivity index is 1.28. The van der Waals surface area contributed by atoms with Gasteiger partial charge in [0.05, 0.1) is 6.61 Å². The lowest BCUT2D eigenvalue weighted by Crippen LogP contribution is -2.44. The molecule has 9 heteroatoms. The van der Waals surface area contributed by atoms with Crippen LogP contribution in [0.1, 0.15) is 42.7 Å². The highest BCUT2D eigenvalue weighted by atomic mass is 16.7. The second-order valence-electron chi connectivity index (χ2n) is 8.90. The van der Waals surface area contributed by atoms with Crippen LogP contribution in [0.15, 0.2) is 48.5 Å². The maximum atomic E-state index is 12.6. The lowest BCUT2D eigenvalue weighted by Gasteiger charge is -2.29. The van der Waals surface area contributed by atoms with E-state index in [2.05, 4.69) is 35.1 Å². The summed E-state index contributed by atoms with van der Waals surface area (Å²) in [6, 6.07) is 16.1. The van der Waals surface area contributed by atoms with Crippen LogP contribution in [0.3, 0.4) is 0 Å². The lowest BCUT2D eigenvalue weighted by molar-refractivity contribution is -0.166. The molecular weight excluding hydrogens is 452 g/mol. The van der Waals surface area contributed by atoms with Crippen LogP contribution in [-0.2, 0) is 23.9 Å². The maximum Gasteiger partial charge on any atom is 0.407 e. The van der Waals surface area contributed by atoms with E-state index in [4.69, 9.17) is 19.4 Å². The summed E-state index contributed by atoms with van der Waals surface area (Å²) in [5.74, 6) is -2.07. The van der Waals surface area contributed by atoms with Crippen molar-refractivity contribution < 1.29 is 33.8 Å². The number of methoxy groups -OCH3 is 1. The topological polar surface area (TPSA) is 123 Å². The summed E-state index contributed by atoms with van der Waals surface area (Å²) >= 11 is 0. The largest absolute Gasteiger partial charge is 0.479 e. The number of nitrogens with one attached hydrogen (secondary N) is 2. The van der Waals surface area contributed by atoms with Gasteiger partial charge in [-0.05, 0) is 41.5 Å². The fourth-order valence-corrected chi connectivity index (χ4v) is 4.89. The summed E-state index contributed by atoms with van der Waals surface area (Å²) in [6.45, 7) is 0.0344. The van der Waals surface area contributed by atoms with Gasteiger partial charge in [0, 0.05) is 25.0 Å². The molecule has 186 valence electrons. The molecule has 2 aromatic rings. The molecule has 1 fully saturated rings. The molecular formula is C26H30N2O7. The van der Waals surface area contributed by atoms with E-state index in [0.29, 0.717) is 12.8 Å². The highest BCUT2D eigenvalue weighted by Gasteiger charge is 2.32. The molecule has 2 aromatic carbocycles. The van der Waals surface area contributed by atoms with Crippen molar-refractivity contribution in [2.75, 3.05) is 20.3 Å². The van der Waals surface area contributed by atoms with Gasteiger partial charge in [0.15, 0.2) is 0 Å². The van der Waals surface area contributed by atoms with Crippen molar-refractivity contribution in [1.82, 2.24) is 10.8 Å². The van der Waals surface area contributed by atoms with Crippen molar-refractivity contribution in [1.29, 1.82) is 0 Å². The molecule has 4 rings (SSSR count). The number of hydrogen-bond acceptors (Lipinski definition) is 6. The molecule has 2 aliphatic rings. The van der Waals surface area contributed by atoms with E-state index in [1.165, 1.54) is 7.11 Å². The van der Waals surface area contributed by atoms with Crippen LogP contribution in [0.5, 0.6) is 0 Å². The van der Waals surface area contributed by atoms with Gasteiger partial charge in [0.1, 0.15) is 6.61 Å². The number of hydroxylamine groups is 1. The number of rotatable bonds is 9. The number of carboxylic acid groups (broad SMARTS) is 1. The van der Waals surface area contributed by atoms with Gasteiger partial charge in [-0.25, -0.2) is 15.1 Å². The van der Waals surface area contributed by atoms with E-state index < -0.39 is 30.0 Å². The Morgan fingerprint density at radius 1 is 1.03 bits per heavy atom. The van der Waals surface area contributed by atoms with Gasteiger partial charge in [-0.2, -0.15) is 0 Å². The molecule has 0 bridgehead atoms. The molecule has 0 aromatic heterocycles. The molecule has 0 heterocycles. The van der Waals surface area contributed by atoms with E-state index in [0.717, 1.165) is 35.1 Å². The van der Waals surface area contributed by atoms with Crippen LogP contribution in [0.4, 0.5) is 4.79 Å². The van der Waals surface area contributed by atoms with E-state index in [1.807, 2.05) is 24.3 Å². The second kappa shape index (κ2) is 11.3. The van der Waals surface area contributed by atoms with Crippen molar-refractivity contribution in [2.45, 2.75) is 43.7 Å². The van der Waals surface area contributed by atoms with Crippen molar-refractivity contribution >= 4 is 18.0 Å². The first kappa shape index (κ1) is 24.7. The summed E-state index contributed by atoms with van der Waals surface area (Å²) < 4.78 is 10.4. The first-order valence-corrected chi connectivity index (χ1v) is 11.8. The zero-order chi connectivity index (χ0) is 24.8. The third kappa shape index (κ3) is 5.80. The summed E-state index contributed by atoms with van der Waals surface area (Å²) in [4.78, 5) is 41.2. The quantitative estimate of drug-likeness (QED) is 0.469. The van der Waals surface area contributed by atoms with Crippen LogP contribution in [0, 0.1) is 5.92 Å². The molecule has 35 heavy (non-hydrogen) atoms. The monoisotopic (exact) mass is 482 g/mol. The summed E-state index contributed by atoms with van der Waals surface area (Å²) in [6.07, 6.45) is 0.715. The van der Waals surface area contributed by atoms with Gasteiger partial charge >= 0.3 is 12.1 Å². The minimum Gasteiger partial charge on any atom is -0.479 e. The predicted octanol–water partition coefficient (Wildman–Crippen LogP) is 3.23. The summed E-state index contributed by atoms with van der Waals surface area (Å²) in [5.41, 5.74) is 6.84. The third-order valence-corrected chi connectivity index (χ3v) is 6.61. The Morgan fingerprint density at radius 2 is 1.69 bits per heavy atom. The number of ether oxygens (including phenoxy) is 2. The highest BCUT2D eigenvalue weighted by Crippen LogP contribution is 2.44. The normalized spacial score (nSPS) is 19.8. The average molecular weight is 483 g/mol. The number of aliphatic carboxylic acids is 1. The van der Waals surface area contributed by atoms with Gasteiger partial charge < -0.3 is 19.9 Å². The Bertz CT molecular complexity index is 1030. The van der Waals surface area contributed by atoms with Crippen molar-refractivity contribution in [3.8, 4) is 11.1 Å². The zero-order valence-corrected chi connectivity index (χ0v) is 19.6. The fraction of sp³-hybridized carbons (Fsp3) is 0.423. The van der Waals surface area contributed by atoms with E-state index in [1.54, 1.807) is 0 Å². The first-order valence-electron chi connectivity index (χ1n) is 11.8. The van der Waals surface area contributed by atoms with Gasteiger partial charge in [0.25, 0.3) is 0 Å². The van der Waals surface area contributed by atoms with E-state index >= 15 is 0 Å². The zero-order valence-electron chi connectivity index (χ0n) is 19.6. The smallest absolute Gasteiger partial charge is 0.407 e. The van der Waals surface area contributed by atoms with Crippen LogP contribution in [-0.4, -0.2) is 55.5 Å². The molecule has 3 atom stereocenters. The van der Waals surface area contributed by atoms with Crippen LogP contribution in [0.25, 0.3) is 11.1 Å². The van der Waals surface area contributed by atoms with Gasteiger partial charge in [0.2, 0.25) is 12.0 Å². The second-order valence-corrected chi connectivity index (χ2v) is 8.90. The molecule has 1 saturated carbocycles. The molecule has 3 N–H and O–H groups in total. The molecule has 0 aliphatic heterocycles. The number of amides is 2. The number of hydrogen-bond donors (Lipinski definition) is 3. The summed E-state index contributed by atoms with van der Waals surface area (Å²) in [5, 5.41) is 12.0. The molecule has 2 amide bonds. The van der Waals surface area contributed by atoms with Gasteiger partial charge in [-0.3, -0.25) is 9.63 Å². The average Bonchev–Trinajstić information content (AvgIpc) is 3.19. The molecule has 1 unspecified atom stereocenters. The Labute approximate surface area is 203 Å². The Kier molecular flexibility index (Phi) is 7.99. The van der Waals surface area contributed by atoms with Crippen molar-refractivity contribution in [3.05, 3.63) is 59.7 Å². The minimum absolute atomic E-state index is 0.0236. The van der Waals surface area contributed by atoms with Crippen LogP contribution < -0.4 is 10.8 Å². The Morgan fingerprint density at radius 3 is 2.31 bits per heavy atom. The standard InChI is InChI=1S/C26H30N2O7/c1-33-15-23(25(30)31)35-28-24(29)16-7-6-8-17(13-16)27-26(32)34-14-22-20-11-4-2-9-18(20)19-10-3-5-12-21(19)22/h2-5,9-12,16-17,22-23H,6-8,13-15H2,1H3,(H,27,32)(H,28,29)(H,30,31)/t16-,17+,23?/m0/s1. The highest BCUT2D eigenvalue weighted by molar-refractivity contribution is 5.80. The number of fused-ring (bicyclic) bond motifs is 3. The number of carbonyl (C=O) groups excluding carboxylic acids is 2.